The second-order valence-corrected chi connectivity index (χ2v) is 6.40. The summed E-state index contributed by atoms with van der Waals surface area (Å²) in [4.78, 5) is 25.0. The van der Waals surface area contributed by atoms with E-state index in [4.69, 9.17) is 9.47 Å². The van der Waals surface area contributed by atoms with Crippen LogP contribution in [0.25, 0.3) is 0 Å². The third-order valence-electron chi connectivity index (χ3n) is 4.37. The highest BCUT2D eigenvalue weighted by Gasteiger charge is 2.49. The number of nitrogens with zero attached hydrogens (tertiary/aromatic N) is 1. The smallest absolute Gasteiger partial charge is 0.238 e. The number of rotatable bonds is 1. The molecule has 3 rings (SSSR count). The number of hydrogen-bond donors (Lipinski definition) is 0. The lowest BCUT2D eigenvalue weighted by Gasteiger charge is -2.44. The molecule has 0 N–H and O–H groups in total. The van der Waals surface area contributed by atoms with E-state index >= 15 is 0 Å². The zero-order chi connectivity index (χ0) is 14.5. The van der Waals surface area contributed by atoms with Gasteiger partial charge in [0.2, 0.25) is 5.43 Å². The average molecular weight is 342 g/mol. The number of Topliss-reactive ketones (excluding diaryl/α,β-unsaturated/α-hetero) is 1. The summed E-state index contributed by atoms with van der Waals surface area (Å²) in [6.07, 6.45) is 3.15. The zero-order valence-corrected chi connectivity index (χ0v) is 13.0. The minimum Gasteiger partial charge on any atom is -0.491 e. The van der Waals surface area contributed by atoms with Crippen LogP contribution in [0.4, 0.5) is 0 Å². The predicted octanol–water partition coefficient (Wildman–Crippen LogP) is 2.00. The van der Waals surface area contributed by atoms with Crippen LogP contribution in [0, 0.1) is 5.41 Å². The van der Waals surface area contributed by atoms with E-state index in [0.29, 0.717) is 23.3 Å². The molecule has 0 unspecified atom stereocenters. The van der Waals surface area contributed by atoms with Gasteiger partial charge < -0.3 is 14.0 Å². The van der Waals surface area contributed by atoms with Crippen molar-refractivity contribution < 1.29 is 14.3 Å². The van der Waals surface area contributed by atoms with Crippen molar-refractivity contribution in [3.05, 3.63) is 26.6 Å². The Morgan fingerprint density at radius 2 is 2.25 bits per heavy atom. The largest absolute Gasteiger partial charge is 0.491 e. The molecule has 1 fully saturated rings. The average Bonchev–Trinajstić information content (AvgIpc) is 2.43. The molecule has 0 bridgehead atoms. The molecule has 2 aliphatic heterocycles. The molecule has 0 aromatic carbocycles. The SMILES string of the molecule is COc1c2n(cc(Br)c1=O)C[C@H]1OCCC[C@]1(C)C2=O. The summed E-state index contributed by atoms with van der Waals surface area (Å²) in [6.45, 7) is 3.17. The number of halogens is 1. The lowest BCUT2D eigenvalue weighted by molar-refractivity contribution is -0.0740. The molecule has 0 spiro atoms. The van der Waals surface area contributed by atoms with Gasteiger partial charge in [-0.05, 0) is 35.7 Å². The van der Waals surface area contributed by atoms with Crippen molar-refractivity contribution in [2.45, 2.75) is 32.4 Å². The van der Waals surface area contributed by atoms with E-state index in [2.05, 4.69) is 15.9 Å². The van der Waals surface area contributed by atoms with Gasteiger partial charge in [0.1, 0.15) is 5.69 Å². The Labute approximate surface area is 125 Å². The molecule has 6 heteroatoms. The van der Waals surface area contributed by atoms with Gasteiger partial charge in [-0.25, -0.2) is 0 Å². The number of pyridine rings is 1. The number of carbonyl (C=O) groups is 1. The summed E-state index contributed by atoms with van der Waals surface area (Å²) >= 11 is 3.22. The number of aromatic nitrogens is 1. The Balaban J connectivity index is 2.23. The lowest BCUT2D eigenvalue weighted by atomic mass is 9.71. The van der Waals surface area contributed by atoms with E-state index in [9.17, 15) is 9.59 Å². The van der Waals surface area contributed by atoms with Crippen LogP contribution in [0.5, 0.6) is 5.75 Å². The van der Waals surface area contributed by atoms with Crippen LogP contribution < -0.4 is 10.2 Å². The Morgan fingerprint density at radius 1 is 1.50 bits per heavy atom. The summed E-state index contributed by atoms with van der Waals surface area (Å²) in [5.74, 6) is 0.0597. The van der Waals surface area contributed by atoms with Crippen molar-refractivity contribution in [3.63, 3.8) is 0 Å². The monoisotopic (exact) mass is 341 g/mol. The van der Waals surface area contributed by atoms with Gasteiger partial charge in [-0.1, -0.05) is 0 Å². The van der Waals surface area contributed by atoms with Crippen LogP contribution in [-0.4, -0.2) is 30.2 Å². The van der Waals surface area contributed by atoms with Crippen LogP contribution >= 0.6 is 15.9 Å². The fraction of sp³-hybridized carbons (Fsp3) is 0.571. The molecule has 0 radical (unpaired) electrons. The number of ether oxygens (including phenoxy) is 2. The van der Waals surface area contributed by atoms with Crippen LogP contribution in [-0.2, 0) is 11.3 Å². The third kappa shape index (κ3) is 1.78. The van der Waals surface area contributed by atoms with Crippen molar-refractivity contribution >= 4 is 21.7 Å². The second kappa shape index (κ2) is 4.70. The van der Waals surface area contributed by atoms with E-state index in [1.807, 2.05) is 6.92 Å². The summed E-state index contributed by atoms with van der Waals surface area (Å²) in [6, 6.07) is 0. The lowest BCUT2D eigenvalue weighted by Crippen LogP contribution is -2.52. The van der Waals surface area contributed by atoms with Crippen molar-refractivity contribution in [1.29, 1.82) is 0 Å². The molecule has 1 saturated heterocycles. The topological polar surface area (TPSA) is 57.5 Å². The minimum absolute atomic E-state index is 0.0603. The second-order valence-electron chi connectivity index (χ2n) is 5.55. The van der Waals surface area contributed by atoms with Crippen LogP contribution in [0.2, 0.25) is 0 Å². The van der Waals surface area contributed by atoms with Gasteiger partial charge >= 0.3 is 0 Å². The maximum Gasteiger partial charge on any atom is 0.238 e. The Morgan fingerprint density at radius 3 is 2.95 bits per heavy atom. The number of methoxy groups -OCH3 is 1. The molecular formula is C14H16BrNO4. The summed E-state index contributed by atoms with van der Waals surface area (Å²) in [5, 5.41) is 0. The van der Waals surface area contributed by atoms with Crippen LogP contribution in [0.3, 0.4) is 0 Å². The fourth-order valence-corrected chi connectivity index (χ4v) is 3.57. The van der Waals surface area contributed by atoms with Gasteiger partial charge in [-0.15, -0.1) is 0 Å². The summed E-state index contributed by atoms with van der Waals surface area (Å²) < 4.78 is 13.1. The van der Waals surface area contributed by atoms with E-state index in [-0.39, 0.29) is 23.1 Å². The number of ketones is 1. The highest BCUT2D eigenvalue weighted by molar-refractivity contribution is 9.10. The highest BCUT2D eigenvalue weighted by atomic mass is 79.9. The standard InChI is InChI=1S/C14H16BrNO4/c1-14-4-3-5-20-9(14)7-16-6-8(15)11(17)12(19-2)10(16)13(14)18/h6,9H,3-5,7H2,1-2H3/t9-,14+/m1/s1. The van der Waals surface area contributed by atoms with Crippen molar-refractivity contribution in [2.75, 3.05) is 13.7 Å². The van der Waals surface area contributed by atoms with Gasteiger partial charge in [-0.3, -0.25) is 9.59 Å². The molecule has 3 heterocycles. The maximum absolute atomic E-state index is 12.9. The van der Waals surface area contributed by atoms with Crippen molar-refractivity contribution in [3.8, 4) is 5.75 Å². The van der Waals surface area contributed by atoms with Gasteiger partial charge in [0, 0.05) is 12.8 Å². The van der Waals surface area contributed by atoms with Crippen molar-refractivity contribution in [1.82, 2.24) is 4.57 Å². The van der Waals surface area contributed by atoms with Crippen LogP contribution in [0.15, 0.2) is 15.5 Å². The first-order valence-corrected chi connectivity index (χ1v) is 7.41. The molecular weight excluding hydrogens is 326 g/mol. The van der Waals surface area contributed by atoms with E-state index < -0.39 is 5.41 Å². The first-order valence-electron chi connectivity index (χ1n) is 6.62. The maximum atomic E-state index is 12.9. The van der Waals surface area contributed by atoms with Crippen LogP contribution in [0.1, 0.15) is 30.3 Å². The van der Waals surface area contributed by atoms with Gasteiger partial charge in [0.05, 0.1) is 29.6 Å². The number of carbonyl (C=O) groups excluding carboxylic acids is 1. The van der Waals surface area contributed by atoms with Gasteiger partial charge in [-0.2, -0.15) is 0 Å². The van der Waals surface area contributed by atoms with E-state index in [1.54, 1.807) is 10.8 Å². The molecule has 0 saturated carbocycles. The molecule has 20 heavy (non-hydrogen) atoms. The molecule has 1 aromatic rings. The van der Waals surface area contributed by atoms with E-state index in [0.717, 1.165) is 12.8 Å². The molecule has 0 amide bonds. The first-order chi connectivity index (χ1) is 9.49. The molecule has 2 atom stereocenters. The normalized spacial score (nSPS) is 28.8. The third-order valence-corrected chi connectivity index (χ3v) is 4.93. The Hall–Kier alpha value is -1.14. The minimum atomic E-state index is -0.564. The Bertz CT molecular complexity index is 639. The zero-order valence-electron chi connectivity index (χ0n) is 11.4. The quantitative estimate of drug-likeness (QED) is 0.783. The van der Waals surface area contributed by atoms with Gasteiger partial charge in [0.25, 0.3) is 0 Å². The molecule has 2 aliphatic rings. The summed E-state index contributed by atoms with van der Waals surface area (Å²) in [7, 11) is 1.42. The van der Waals surface area contributed by atoms with E-state index in [1.165, 1.54) is 7.11 Å². The van der Waals surface area contributed by atoms with Gasteiger partial charge in [0.15, 0.2) is 11.5 Å². The highest BCUT2D eigenvalue weighted by Crippen LogP contribution is 2.42. The molecule has 5 nitrogen and oxygen atoms in total. The molecule has 108 valence electrons. The Kier molecular flexibility index (Phi) is 3.25. The molecule has 0 aliphatic carbocycles. The fourth-order valence-electron chi connectivity index (χ4n) is 3.15. The predicted molar refractivity (Wildman–Crippen MR) is 76.4 cm³/mol. The summed E-state index contributed by atoms with van der Waals surface area (Å²) in [5.41, 5.74) is -0.484. The number of hydrogen-bond acceptors (Lipinski definition) is 4. The number of fused-ring (bicyclic) bond motifs is 2. The first kappa shape index (κ1) is 13.8. The molecule has 1 aromatic heterocycles. The van der Waals surface area contributed by atoms with Crippen molar-refractivity contribution in [2.24, 2.45) is 5.41 Å².